The van der Waals surface area contributed by atoms with Crippen LogP contribution in [0.15, 0.2) is 369 Å². The number of aromatic nitrogens is 4. The number of rotatable bonds is 16. The zero-order valence-electron chi connectivity index (χ0n) is 99.4. The third kappa shape index (κ3) is 10.5. The fourth-order valence-electron chi connectivity index (χ4n) is 12.8. The lowest BCUT2D eigenvalue weighted by atomic mass is 9.95. The van der Waals surface area contributed by atoms with Crippen molar-refractivity contribution in [1.29, 1.82) is 0 Å². The SMILES string of the molecule is [2H]c1c([2H])c([2H])c(-c2cnc(-n3c4ccccc4c4ccc(Oc5cccc(-n6[c-][n+](-c7c(-c8c([2H])c([2H])c([2H])c([Si](c9c([2H])c([2H])c([2H])c([2H])c9[2H])(c9c([2H])c([2H])c([2H])c([2H])c9[2H])c9c([2H])c([2H])c([2H])c([2H])c9[2H])c8[2H])cccc7[Si](c7c([2H])c([2H])c([2H])c([2H])c7[2H])(c7c([2H])c([2H])c([2H])c([2H])c7[2H])c7c([2H])c([2H])c([2H])c([2H])c7[2H])c7ccc(-c8c(C([2H])([2H])[2H])cccc8C([2H])([2H])[2H])cc76)c5)cc43)cc2C([2H])([2H])[2H])c([2H])c1[2H]. The molecule has 7 heteroatoms. The number of aryl methyl sites for hydroxylation is 3. The summed E-state index contributed by atoms with van der Waals surface area (Å²) in [6.45, 7) is -9.44. The van der Waals surface area contributed by atoms with Gasteiger partial charge in [-0.05, 0) is 155 Å². The summed E-state index contributed by atoms with van der Waals surface area (Å²) < 4.78 is 468. The van der Waals surface area contributed by atoms with Crippen LogP contribution in [0.3, 0.4) is 0 Å². The van der Waals surface area contributed by atoms with E-state index < -0.39 is 364 Å². The van der Waals surface area contributed by atoms with Crippen LogP contribution in [-0.2, 0) is 0 Å². The summed E-state index contributed by atoms with van der Waals surface area (Å²) in [5.41, 5.74) is -6.62. The Balaban J connectivity index is 1.09. The van der Waals surface area contributed by atoms with Gasteiger partial charge in [0, 0.05) is 40.9 Å². The van der Waals surface area contributed by atoms with Crippen LogP contribution in [-0.4, -0.2) is 30.3 Å². The summed E-state index contributed by atoms with van der Waals surface area (Å²) in [5.74, 6) is -0.240. The summed E-state index contributed by atoms with van der Waals surface area (Å²) in [6, 6.07) is -22.2. The highest BCUT2D eigenvalue weighted by molar-refractivity contribution is 7.20. The van der Waals surface area contributed by atoms with E-state index >= 15 is 0 Å². The van der Waals surface area contributed by atoms with Gasteiger partial charge in [-0.3, -0.25) is 13.7 Å². The molecule has 17 aromatic rings. The van der Waals surface area contributed by atoms with Crippen molar-refractivity contribution in [2.75, 3.05) is 0 Å². The monoisotopic (exact) mass is 1360 g/mol. The molecule has 0 fully saturated rings. The minimum absolute atomic E-state index is 0.0218. The van der Waals surface area contributed by atoms with E-state index in [4.69, 9.17) is 28.0 Å². The molecule has 0 spiro atoms. The van der Waals surface area contributed by atoms with E-state index in [0.29, 0.717) is 16.3 Å². The molecule has 0 N–H and O–H groups in total. The van der Waals surface area contributed by atoms with E-state index in [0.717, 1.165) is 57.8 Å². The third-order valence-electron chi connectivity index (χ3n) is 17.0. The van der Waals surface area contributed by atoms with E-state index in [2.05, 4.69) is 11.3 Å². The second-order valence-electron chi connectivity index (χ2n) is 22.4. The normalized spacial score (nSPS) is 18.9. The molecular weight excluding hydrogens is 1250 g/mol. The van der Waals surface area contributed by atoms with Gasteiger partial charge in [0.15, 0.2) is 16.1 Å². The van der Waals surface area contributed by atoms with Crippen molar-refractivity contribution in [3.63, 3.8) is 0 Å². The van der Waals surface area contributed by atoms with Crippen LogP contribution >= 0.6 is 0 Å². The summed E-state index contributed by atoms with van der Waals surface area (Å²) >= 11 is 0. The van der Waals surface area contributed by atoms with Crippen LogP contribution in [0.1, 0.15) is 82.5 Å². The maximum atomic E-state index is 11.5. The highest BCUT2D eigenvalue weighted by Crippen LogP contribution is 2.38. The number of imidazole rings is 1. The largest absolute Gasteiger partial charge is 0.458 e. The molecule has 0 aliphatic heterocycles. The molecule has 100 heavy (non-hydrogen) atoms. The lowest BCUT2D eigenvalue weighted by Crippen LogP contribution is -2.76. The molecule has 0 saturated carbocycles. The van der Waals surface area contributed by atoms with Crippen molar-refractivity contribution in [3.8, 4) is 62.1 Å². The molecule has 3 aromatic heterocycles. The minimum Gasteiger partial charge on any atom is -0.458 e. The molecule has 0 atom stereocenters. The van der Waals surface area contributed by atoms with Crippen molar-refractivity contribution >= 4 is 90.5 Å². The highest BCUT2D eigenvalue weighted by atomic mass is 28.3. The first-order valence-corrected chi connectivity index (χ1v) is 34.4. The van der Waals surface area contributed by atoms with Gasteiger partial charge in [0.25, 0.3) is 6.33 Å². The molecule has 5 nitrogen and oxygen atoms in total. The lowest BCUT2D eigenvalue weighted by molar-refractivity contribution is -0.570. The van der Waals surface area contributed by atoms with Crippen LogP contribution < -0.4 is 50.8 Å². The molecule has 0 amide bonds. The maximum absolute atomic E-state index is 11.5. The summed E-state index contributed by atoms with van der Waals surface area (Å²) in [4.78, 5) is 4.68. The maximum Gasteiger partial charge on any atom is 0.269 e. The third-order valence-corrected chi connectivity index (χ3v) is 25.2. The number of nitrogens with zero attached hydrogens (tertiary/aromatic N) is 4. The fraction of sp³-hybridized carbons (Fsp3) is 0.0323. The van der Waals surface area contributed by atoms with Crippen LogP contribution in [0, 0.1) is 26.9 Å². The molecule has 0 saturated heterocycles. The van der Waals surface area contributed by atoms with Crippen molar-refractivity contribution in [2.24, 2.45) is 0 Å². The number of ether oxygens (including phenoxy) is 1. The Kier molecular flexibility index (Phi) is 7.44. The Bertz CT molecular complexity index is 8160. The van der Waals surface area contributed by atoms with Crippen LogP contribution in [0.5, 0.6) is 11.5 Å². The second-order valence-corrected chi connectivity index (χ2v) is 29.4. The number of hydrogen-bond donors (Lipinski definition) is 0. The van der Waals surface area contributed by atoms with E-state index in [-0.39, 0.29) is 45.2 Å². The van der Waals surface area contributed by atoms with Gasteiger partial charge in [-0.2, -0.15) is 0 Å². The van der Waals surface area contributed by atoms with Crippen molar-refractivity contribution in [3.05, 3.63) is 392 Å². The predicted molar refractivity (Wildman–Crippen MR) is 420 cm³/mol. The van der Waals surface area contributed by atoms with Crippen LogP contribution in [0.4, 0.5) is 0 Å². The van der Waals surface area contributed by atoms with Gasteiger partial charge < -0.3 is 4.74 Å². The average Bonchev–Trinajstić information content (AvgIpc) is 0.755. The standard InChI is InChI=1S/C93H70N4OSi2/c1-66-31-27-32-67(2)92(66)71-55-58-87-89(61-71)95(72-36-29-37-73(62-72)98-74-56-57-84-83-51-25-26-53-86(83)97(88(84)63-74)91-59-68(3)85(64-94-91)69-33-11-4-12-34-69)65-96(87)93-82(52-30-54-90(93)100(78-44-19-8-20-45-78,79-46-21-9-22-47-79)80-48-23-10-24-49-80)70-35-28-50-81(60-70)99(75-38-13-5-14-39-75,76-40-15-6-16-41-76)77-42-17-7-18-43-77/h4-64H,1-3H3/i1D3,2D3,3D3,4D,5D,6D,7D,8D,9D,10D,11D,12D,13D,14D,15D,16D,17D,18D,19D,20D,21D,22D,23D,24D,28D,33D,34D,35D,38D,39D,40D,41D,42D,43D,44D,45D,46D,47D,48D,49D,50D,60D. The van der Waals surface area contributed by atoms with Gasteiger partial charge >= 0.3 is 0 Å². The Hall–Kier alpha value is -12.3. The van der Waals surface area contributed by atoms with E-state index in [9.17, 15) is 42.5 Å². The molecule has 14 aromatic carbocycles. The molecule has 0 aliphatic rings. The number of pyridine rings is 1. The number of benzene rings is 14. The first-order chi connectivity index (χ1) is 69.1. The number of fused-ring (bicyclic) bond motifs is 4. The van der Waals surface area contributed by atoms with E-state index in [1.54, 1.807) is 34.9 Å². The van der Waals surface area contributed by atoms with Crippen molar-refractivity contribution in [1.82, 2.24) is 14.1 Å². The van der Waals surface area contributed by atoms with Gasteiger partial charge in [0.2, 0.25) is 0 Å². The fourth-order valence-corrected chi connectivity index (χ4v) is 20.4. The summed E-state index contributed by atoms with van der Waals surface area (Å²) in [7, 11) is -13.8. The second kappa shape index (κ2) is 26.0. The lowest BCUT2D eigenvalue weighted by Gasteiger charge is -2.37. The molecule has 0 bridgehead atoms. The van der Waals surface area contributed by atoms with Gasteiger partial charge in [0.1, 0.15) is 17.3 Å². The predicted octanol–water partition coefficient (Wildman–Crippen LogP) is 16.7. The Labute approximate surface area is 653 Å². The van der Waals surface area contributed by atoms with Gasteiger partial charge in [-0.25, -0.2) is 4.98 Å². The van der Waals surface area contributed by atoms with Gasteiger partial charge in [0.05, 0.1) is 86.9 Å². The minimum atomic E-state index is -6.95. The zero-order valence-corrected chi connectivity index (χ0v) is 53.4. The van der Waals surface area contributed by atoms with Crippen LogP contribution in [0.25, 0.3) is 83.4 Å². The first kappa shape index (κ1) is 28.7. The van der Waals surface area contributed by atoms with E-state index in [1.807, 2.05) is 0 Å². The van der Waals surface area contributed by atoms with Crippen molar-refractivity contribution in [2.45, 2.75) is 20.6 Å². The summed E-state index contributed by atoms with van der Waals surface area (Å²) in [5, 5.41) is -9.00. The molecule has 0 aliphatic carbocycles. The Morgan fingerprint density at radius 3 is 1.54 bits per heavy atom. The van der Waals surface area contributed by atoms with Gasteiger partial charge in [-0.15, -0.1) is 0 Å². The Morgan fingerprint density at radius 1 is 0.400 bits per heavy atom. The topological polar surface area (TPSA) is 35.9 Å². The molecular formula is C93H70N4OSi2. The molecule has 3 heterocycles. The number of para-hydroxylation sites is 2. The molecule has 476 valence electrons. The van der Waals surface area contributed by atoms with Crippen LogP contribution in [0.2, 0.25) is 0 Å². The molecule has 0 unspecified atom stereocenters. The van der Waals surface area contributed by atoms with E-state index in [1.165, 1.54) is 54.6 Å². The van der Waals surface area contributed by atoms with Gasteiger partial charge in [-0.1, -0.05) is 308 Å². The number of hydrogen-bond acceptors (Lipinski definition) is 2. The Morgan fingerprint density at radius 2 is 0.930 bits per heavy atom. The molecule has 17 rings (SSSR count). The van der Waals surface area contributed by atoms with Crippen molar-refractivity contribution < 1.29 is 75.1 Å². The summed E-state index contributed by atoms with van der Waals surface area (Å²) in [6.07, 6.45) is 4.26. The smallest absolute Gasteiger partial charge is 0.269 e. The molecule has 0 radical (unpaired) electrons. The first-order valence-electron chi connectivity index (χ1n) is 54.4. The average molecular weight is 1360 g/mol. The zero-order chi connectivity index (χ0) is 109. The highest BCUT2D eigenvalue weighted by Gasteiger charge is 2.45. The quantitative estimate of drug-likeness (QED) is 0.0418.